The van der Waals surface area contributed by atoms with Crippen molar-refractivity contribution in [3.63, 3.8) is 0 Å². The van der Waals surface area contributed by atoms with Gasteiger partial charge >= 0.3 is 6.36 Å². The molecule has 2 unspecified atom stereocenters. The molecule has 10 nitrogen and oxygen atoms in total. The standard InChI is InChI=1S/C24H23F3N2O8/c25-24(26,27)37-19-10(12-2-1-3-29-12)7-14(31)16-11(19)5-8-4-9-6-13(30)17(22(28)35)21(34)23(9,36)20(33)15(8)18(16)32/h7-9,12,29,31-32,34,36H,1-6H2,(H2,28,35)/t8?,9-,12?,23-/m0/s1. The first-order valence-electron chi connectivity index (χ1n) is 11.6. The van der Waals surface area contributed by atoms with Crippen molar-refractivity contribution >= 4 is 23.2 Å². The molecule has 0 spiro atoms. The number of nitrogens with one attached hydrogen (secondary N) is 1. The molecule has 1 saturated heterocycles. The molecule has 0 bridgehead atoms. The molecule has 198 valence electrons. The first-order chi connectivity index (χ1) is 17.3. The Bertz CT molecular complexity index is 1310. The second kappa shape index (κ2) is 8.21. The summed E-state index contributed by atoms with van der Waals surface area (Å²) in [6.07, 6.45) is -4.98. The number of hydrogen-bond acceptors (Lipinski definition) is 9. The van der Waals surface area contributed by atoms with E-state index in [9.17, 15) is 48.0 Å². The molecule has 1 saturated carbocycles. The van der Waals surface area contributed by atoms with Crippen molar-refractivity contribution in [1.82, 2.24) is 5.32 Å². The third kappa shape index (κ3) is 3.67. The SMILES string of the molecule is NC(=O)C1=C(O)[C@@]2(O)C(=O)C3=C(O)c4c(O)cc(C5CCCN5)c(OC(F)(F)F)c4CC3C[C@H]2CC1=O. The van der Waals surface area contributed by atoms with Crippen LogP contribution in [0.2, 0.25) is 0 Å². The van der Waals surface area contributed by atoms with Crippen molar-refractivity contribution in [3.8, 4) is 11.5 Å². The Kier molecular flexibility index (Phi) is 5.57. The van der Waals surface area contributed by atoms with Crippen molar-refractivity contribution < 1.29 is 52.7 Å². The Balaban J connectivity index is 1.71. The molecule has 2 fully saturated rings. The van der Waals surface area contributed by atoms with Crippen LogP contribution < -0.4 is 15.8 Å². The molecular weight excluding hydrogens is 501 g/mol. The lowest BCUT2D eigenvalue weighted by atomic mass is 9.59. The molecule has 37 heavy (non-hydrogen) atoms. The summed E-state index contributed by atoms with van der Waals surface area (Å²) in [5, 5.41) is 46.7. The van der Waals surface area contributed by atoms with Crippen LogP contribution in [0.25, 0.3) is 5.76 Å². The molecule has 1 amide bonds. The van der Waals surface area contributed by atoms with Crippen LogP contribution in [0.1, 0.15) is 48.4 Å². The van der Waals surface area contributed by atoms with Gasteiger partial charge in [0.1, 0.15) is 28.6 Å². The summed E-state index contributed by atoms with van der Waals surface area (Å²) in [7, 11) is 0. The number of nitrogens with two attached hydrogens (primary N) is 1. The Hall–Kier alpha value is -3.58. The smallest absolute Gasteiger partial charge is 0.508 e. The zero-order chi connectivity index (χ0) is 27.0. The number of aliphatic hydroxyl groups excluding tert-OH is 2. The van der Waals surface area contributed by atoms with Gasteiger partial charge in [-0.1, -0.05) is 0 Å². The van der Waals surface area contributed by atoms with E-state index in [0.29, 0.717) is 19.4 Å². The van der Waals surface area contributed by atoms with E-state index >= 15 is 0 Å². The quantitative estimate of drug-likeness (QED) is 0.321. The number of primary amides is 1. The second-order valence-corrected chi connectivity index (χ2v) is 9.77. The summed E-state index contributed by atoms with van der Waals surface area (Å²) in [5.74, 6) is -9.02. The molecule has 5 rings (SSSR count). The Morgan fingerprint density at radius 2 is 1.89 bits per heavy atom. The number of halogens is 3. The number of fused-ring (bicyclic) bond motifs is 3. The van der Waals surface area contributed by atoms with Gasteiger partial charge in [-0.25, -0.2) is 0 Å². The normalized spacial score (nSPS) is 29.7. The van der Waals surface area contributed by atoms with Crippen LogP contribution in [0.15, 0.2) is 23.0 Å². The number of Topliss-reactive ketones (excluding diaryl/α,β-unsaturated/α-hetero) is 2. The van der Waals surface area contributed by atoms with Crippen LogP contribution in [-0.4, -0.2) is 56.4 Å². The van der Waals surface area contributed by atoms with Crippen LogP contribution in [0.3, 0.4) is 0 Å². The van der Waals surface area contributed by atoms with E-state index in [-0.39, 0.29) is 24.0 Å². The monoisotopic (exact) mass is 524 g/mol. The van der Waals surface area contributed by atoms with E-state index in [0.717, 1.165) is 6.07 Å². The number of ether oxygens (including phenoxy) is 1. The predicted octanol–water partition coefficient (Wildman–Crippen LogP) is 1.75. The number of rotatable bonds is 3. The Labute approximate surface area is 207 Å². The predicted molar refractivity (Wildman–Crippen MR) is 118 cm³/mol. The maximum absolute atomic E-state index is 13.5. The Morgan fingerprint density at radius 1 is 1.19 bits per heavy atom. The fraction of sp³-hybridized carbons (Fsp3) is 0.458. The zero-order valence-corrected chi connectivity index (χ0v) is 19.2. The molecule has 13 heteroatoms. The first-order valence-corrected chi connectivity index (χ1v) is 11.6. The van der Waals surface area contributed by atoms with E-state index < -0.39 is 93.5 Å². The number of hydrogen-bond donors (Lipinski definition) is 6. The number of benzene rings is 1. The molecule has 1 aromatic carbocycles. The van der Waals surface area contributed by atoms with E-state index in [2.05, 4.69) is 10.1 Å². The van der Waals surface area contributed by atoms with Crippen molar-refractivity contribution in [2.24, 2.45) is 17.6 Å². The highest BCUT2D eigenvalue weighted by Crippen LogP contribution is 2.54. The number of carbonyl (C=O) groups is 3. The molecule has 1 heterocycles. The lowest BCUT2D eigenvalue weighted by Gasteiger charge is -2.46. The van der Waals surface area contributed by atoms with Gasteiger partial charge in [-0.2, -0.15) is 0 Å². The molecule has 1 aliphatic heterocycles. The van der Waals surface area contributed by atoms with E-state index in [1.165, 1.54) is 0 Å². The van der Waals surface area contributed by atoms with Gasteiger partial charge in [-0.05, 0) is 44.2 Å². The summed E-state index contributed by atoms with van der Waals surface area (Å²) in [5.41, 5.74) is 0.406. The van der Waals surface area contributed by atoms with Crippen molar-refractivity contribution in [2.75, 3.05) is 6.54 Å². The van der Waals surface area contributed by atoms with Crippen LogP contribution >= 0.6 is 0 Å². The minimum absolute atomic E-state index is 0.0421. The molecule has 4 aliphatic rings. The summed E-state index contributed by atoms with van der Waals surface area (Å²) >= 11 is 0. The number of alkyl halides is 3. The lowest BCUT2D eigenvalue weighted by Crippen LogP contribution is -2.58. The zero-order valence-electron chi connectivity index (χ0n) is 19.2. The number of phenols is 1. The van der Waals surface area contributed by atoms with Gasteiger partial charge in [0, 0.05) is 35.1 Å². The number of ketones is 2. The second-order valence-electron chi connectivity index (χ2n) is 9.77. The third-order valence-electron chi connectivity index (χ3n) is 7.70. The number of carbonyl (C=O) groups excluding carboxylic acids is 3. The summed E-state index contributed by atoms with van der Waals surface area (Å²) in [6, 6.07) is 0.483. The van der Waals surface area contributed by atoms with Gasteiger partial charge in [0.05, 0.1) is 5.56 Å². The number of aromatic hydroxyl groups is 1. The summed E-state index contributed by atoms with van der Waals surface area (Å²) in [4.78, 5) is 37.6. The van der Waals surface area contributed by atoms with Crippen molar-refractivity contribution in [1.29, 1.82) is 0 Å². The average molecular weight is 524 g/mol. The third-order valence-corrected chi connectivity index (χ3v) is 7.70. The summed E-state index contributed by atoms with van der Waals surface area (Å²) in [6.45, 7) is 0.541. The minimum atomic E-state index is -5.10. The van der Waals surface area contributed by atoms with Gasteiger partial charge in [0.25, 0.3) is 5.91 Å². The van der Waals surface area contributed by atoms with Gasteiger partial charge in [0.15, 0.2) is 11.4 Å². The molecular formula is C24H23F3N2O8. The maximum atomic E-state index is 13.5. The van der Waals surface area contributed by atoms with Crippen LogP contribution in [0.5, 0.6) is 11.5 Å². The first kappa shape index (κ1) is 25.1. The number of amides is 1. The summed E-state index contributed by atoms with van der Waals surface area (Å²) < 4.78 is 44.8. The lowest BCUT2D eigenvalue weighted by molar-refractivity contribution is -0.275. The minimum Gasteiger partial charge on any atom is -0.508 e. The topological polar surface area (TPSA) is 179 Å². The van der Waals surface area contributed by atoms with Crippen LogP contribution in [0, 0.1) is 11.8 Å². The highest BCUT2D eigenvalue weighted by atomic mass is 19.4. The molecule has 1 aromatic rings. The van der Waals surface area contributed by atoms with Crippen LogP contribution in [-0.2, 0) is 20.8 Å². The molecule has 3 aliphatic carbocycles. The molecule has 0 aromatic heterocycles. The van der Waals surface area contributed by atoms with Gasteiger partial charge in [0.2, 0.25) is 5.78 Å². The fourth-order valence-electron chi connectivity index (χ4n) is 6.14. The highest BCUT2D eigenvalue weighted by molar-refractivity contribution is 6.22. The molecule has 4 atom stereocenters. The van der Waals surface area contributed by atoms with Gasteiger partial charge in [-0.15, -0.1) is 13.2 Å². The molecule has 0 radical (unpaired) electrons. The number of phenolic OH excluding ortho intramolecular Hbond substituents is 1. The van der Waals surface area contributed by atoms with E-state index in [1.807, 2.05) is 0 Å². The largest absolute Gasteiger partial charge is 0.573 e. The average Bonchev–Trinajstić information content (AvgIpc) is 3.31. The van der Waals surface area contributed by atoms with Crippen LogP contribution in [0.4, 0.5) is 13.2 Å². The molecule has 7 N–H and O–H groups in total. The van der Waals surface area contributed by atoms with E-state index in [1.54, 1.807) is 0 Å². The maximum Gasteiger partial charge on any atom is 0.573 e. The number of aliphatic hydroxyl groups is 3. The van der Waals surface area contributed by atoms with Crippen molar-refractivity contribution in [2.45, 2.75) is 50.1 Å². The van der Waals surface area contributed by atoms with Gasteiger partial charge in [-0.3, -0.25) is 14.4 Å². The Morgan fingerprint density at radius 3 is 2.49 bits per heavy atom. The highest BCUT2D eigenvalue weighted by Gasteiger charge is 2.60. The fourth-order valence-corrected chi connectivity index (χ4v) is 6.14. The van der Waals surface area contributed by atoms with Crippen molar-refractivity contribution in [3.05, 3.63) is 39.7 Å². The van der Waals surface area contributed by atoms with Gasteiger partial charge < -0.3 is 36.2 Å². The van der Waals surface area contributed by atoms with E-state index in [4.69, 9.17) is 5.73 Å².